The highest BCUT2D eigenvalue weighted by molar-refractivity contribution is 5.92. The molecule has 1 N–H and O–H groups in total. The molecule has 0 aliphatic heterocycles. The summed E-state index contributed by atoms with van der Waals surface area (Å²) in [4.78, 5) is 12.4. The lowest BCUT2D eigenvalue weighted by Crippen LogP contribution is -2.47. The number of carbonyl (C=O) groups is 1. The third-order valence-electron chi connectivity index (χ3n) is 4.13. The molecule has 0 unspecified atom stereocenters. The highest BCUT2D eigenvalue weighted by atomic mass is 16.5. The molecular formula is C18H22N2O4. The van der Waals surface area contributed by atoms with Crippen molar-refractivity contribution in [2.75, 3.05) is 7.11 Å². The average Bonchev–Trinajstić information content (AvgIpc) is 3.07. The Bertz CT molecular complexity index is 656. The Hall–Kier alpha value is -2.34. The highest BCUT2D eigenvalue weighted by Crippen LogP contribution is 2.24. The molecule has 1 aromatic carbocycles. The molecule has 0 spiro atoms. The second-order valence-electron chi connectivity index (χ2n) is 5.95. The van der Waals surface area contributed by atoms with E-state index in [-0.39, 0.29) is 23.7 Å². The minimum atomic E-state index is -0.241. The maximum absolute atomic E-state index is 12.4. The summed E-state index contributed by atoms with van der Waals surface area (Å²) in [7, 11) is 1.57. The van der Waals surface area contributed by atoms with Gasteiger partial charge in [-0.1, -0.05) is 29.8 Å². The van der Waals surface area contributed by atoms with E-state index in [1.54, 1.807) is 13.2 Å². The van der Waals surface area contributed by atoms with Gasteiger partial charge in [0, 0.05) is 13.2 Å². The predicted octanol–water partition coefficient (Wildman–Crippen LogP) is 2.94. The molecular weight excluding hydrogens is 308 g/mol. The minimum absolute atomic E-state index is 0.0320. The fraction of sp³-hybridized carbons (Fsp3) is 0.444. The fourth-order valence-corrected chi connectivity index (χ4v) is 2.95. The summed E-state index contributed by atoms with van der Waals surface area (Å²) in [6.07, 6.45) is 3.97. The summed E-state index contributed by atoms with van der Waals surface area (Å²) in [5, 5.41) is 6.84. The van der Waals surface area contributed by atoms with Crippen molar-refractivity contribution in [2.45, 2.75) is 44.4 Å². The molecule has 2 aromatic rings. The largest absolute Gasteiger partial charge is 0.488 e. The summed E-state index contributed by atoms with van der Waals surface area (Å²) in [6.45, 7) is 0.295. The molecule has 24 heavy (non-hydrogen) atoms. The first-order valence-electron chi connectivity index (χ1n) is 8.23. The van der Waals surface area contributed by atoms with Crippen LogP contribution in [0.4, 0.5) is 0 Å². The molecule has 1 aliphatic carbocycles. The van der Waals surface area contributed by atoms with Gasteiger partial charge in [-0.05, 0) is 31.4 Å². The Kier molecular flexibility index (Phi) is 5.48. The van der Waals surface area contributed by atoms with Crippen LogP contribution in [-0.2, 0) is 11.3 Å². The van der Waals surface area contributed by atoms with E-state index in [0.717, 1.165) is 31.4 Å². The smallest absolute Gasteiger partial charge is 0.273 e. The van der Waals surface area contributed by atoms with Crippen LogP contribution >= 0.6 is 0 Å². The maximum atomic E-state index is 12.4. The first kappa shape index (κ1) is 16.5. The lowest BCUT2D eigenvalue weighted by molar-refractivity contribution is 0.0789. The third-order valence-corrected chi connectivity index (χ3v) is 4.13. The van der Waals surface area contributed by atoms with Gasteiger partial charge < -0.3 is 19.3 Å². The maximum Gasteiger partial charge on any atom is 0.273 e. The van der Waals surface area contributed by atoms with E-state index in [0.29, 0.717) is 12.4 Å². The first-order chi connectivity index (χ1) is 11.8. The van der Waals surface area contributed by atoms with Crippen LogP contribution in [0.5, 0.6) is 5.75 Å². The minimum Gasteiger partial charge on any atom is -0.488 e. The fourth-order valence-electron chi connectivity index (χ4n) is 2.95. The number of hydrogen-bond donors (Lipinski definition) is 1. The summed E-state index contributed by atoms with van der Waals surface area (Å²) in [5.74, 6) is 1.12. The number of hydrogen-bond acceptors (Lipinski definition) is 5. The van der Waals surface area contributed by atoms with Gasteiger partial charge in [-0.3, -0.25) is 4.79 Å². The molecule has 1 fully saturated rings. The molecule has 1 heterocycles. The molecule has 1 saturated carbocycles. The van der Waals surface area contributed by atoms with Crippen molar-refractivity contribution in [3.63, 3.8) is 0 Å². The SMILES string of the molecule is COCc1cc(C(=O)N[C@@H]2CCCC[C@H]2Oc2ccccc2)no1. The molecule has 0 saturated heterocycles. The zero-order valence-electron chi connectivity index (χ0n) is 13.7. The summed E-state index contributed by atoms with van der Waals surface area (Å²) in [5.41, 5.74) is 0.270. The van der Waals surface area contributed by atoms with Crippen LogP contribution in [0.2, 0.25) is 0 Å². The standard InChI is InChI=1S/C18H22N2O4/c1-22-12-14-11-16(20-24-14)18(21)19-15-9-5-6-10-17(15)23-13-7-3-2-4-8-13/h2-4,7-8,11,15,17H,5-6,9-10,12H2,1H3,(H,19,21)/t15-,17-/m1/s1. The van der Waals surface area contributed by atoms with Crippen molar-refractivity contribution in [3.05, 3.63) is 47.9 Å². The summed E-state index contributed by atoms with van der Waals surface area (Å²) >= 11 is 0. The van der Waals surface area contributed by atoms with E-state index < -0.39 is 0 Å². The normalized spacial score (nSPS) is 20.5. The van der Waals surface area contributed by atoms with Crippen LogP contribution < -0.4 is 10.1 Å². The van der Waals surface area contributed by atoms with E-state index in [4.69, 9.17) is 14.0 Å². The van der Waals surface area contributed by atoms with Crippen LogP contribution in [0, 0.1) is 0 Å². The molecule has 6 nitrogen and oxygen atoms in total. The molecule has 1 amide bonds. The lowest BCUT2D eigenvalue weighted by atomic mass is 9.92. The second kappa shape index (κ2) is 7.97. The van der Waals surface area contributed by atoms with Gasteiger partial charge in [-0.2, -0.15) is 0 Å². The van der Waals surface area contributed by atoms with Gasteiger partial charge in [0.15, 0.2) is 11.5 Å². The van der Waals surface area contributed by atoms with E-state index in [1.807, 2.05) is 30.3 Å². The zero-order valence-corrected chi connectivity index (χ0v) is 13.7. The van der Waals surface area contributed by atoms with Crippen LogP contribution in [-0.4, -0.2) is 30.3 Å². The lowest BCUT2D eigenvalue weighted by Gasteiger charge is -2.32. The molecule has 1 aliphatic rings. The third kappa shape index (κ3) is 4.14. The quantitative estimate of drug-likeness (QED) is 0.881. The number of ether oxygens (including phenoxy) is 2. The Morgan fingerprint density at radius 2 is 2.08 bits per heavy atom. The molecule has 1 aromatic heterocycles. The number of amides is 1. The molecule has 128 valence electrons. The van der Waals surface area contributed by atoms with E-state index >= 15 is 0 Å². The summed E-state index contributed by atoms with van der Waals surface area (Å²) in [6, 6.07) is 11.3. The van der Waals surface area contributed by atoms with Crippen molar-refractivity contribution in [1.29, 1.82) is 0 Å². The van der Waals surface area contributed by atoms with Crippen molar-refractivity contribution in [3.8, 4) is 5.75 Å². The number of benzene rings is 1. The number of carbonyl (C=O) groups excluding carboxylic acids is 1. The van der Waals surface area contributed by atoms with Gasteiger partial charge in [-0.25, -0.2) is 0 Å². The predicted molar refractivity (Wildman–Crippen MR) is 87.8 cm³/mol. The second-order valence-corrected chi connectivity index (χ2v) is 5.95. The van der Waals surface area contributed by atoms with Crippen LogP contribution in [0.25, 0.3) is 0 Å². The van der Waals surface area contributed by atoms with Gasteiger partial charge >= 0.3 is 0 Å². The van der Waals surface area contributed by atoms with Gasteiger partial charge in [0.05, 0.1) is 6.04 Å². The van der Waals surface area contributed by atoms with Crippen LogP contribution in [0.3, 0.4) is 0 Å². The monoisotopic (exact) mass is 330 g/mol. The Labute approximate surface area is 141 Å². The van der Waals surface area contributed by atoms with Crippen molar-refractivity contribution in [1.82, 2.24) is 10.5 Å². The van der Waals surface area contributed by atoms with Crippen molar-refractivity contribution >= 4 is 5.91 Å². The molecule has 3 rings (SSSR count). The van der Waals surface area contributed by atoms with E-state index in [1.165, 1.54) is 0 Å². The number of nitrogens with zero attached hydrogens (tertiary/aromatic N) is 1. The van der Waals surface area contributed by atoms with Crippen LogP contribution in [0.1, 0.15) is 41.9 Å². The Morgan fingerprint density at radius 3 is 2.88 bits per heavy atom. The Balaban J connectivity index is 1.63. The number of methoxy groups -OCH3 is 1. The van der Waals surface area contributed by atoms with Gasteiger partial charge in [-0.15, -0.1) is 0 Å². The van der Waals surface area contributed by atoms with Crippen molar-refractivity contribution < 1.29 is 18.8 Å². The zero-order chi connectivity index (χ0) is 16.8. The van der Waals surface area contributed by atoms with Gasteiger partial charge in [0.2, 0.25) is 0 Å². The molecule has 6 heteroatoms. The topological polar surface area (TPSA) is 73.6 Å². The summed E-state index contributed by atoms with van der Waals surface area (Å²) < 4.78 is 16.1. The highest BCUT2D eigenvalue weighted by Gasteiger charge is 2.29. The average molecular weight is 330 g/mol. The number of rotatable bonds is 6. The first-order valence-corrected chi connectivity index (χ1v) is 8.23. The van der Waals surface area contributed by atoms with Gasteiger partial charge in [0.25, 0.3) is 5.91 Å². The number of para-hydroxylation sites is 1. The van der Waals surface area contributed by atoms with Gasteiger partial charge in [0.1, 0.15) is 18.5 Å². The number of nitrogens with one attached hydrogen (secondary N) is 1. The van der Waals surface area contributed by atoms with E-state index in [9.17, 15) is 4.79 Å². The molecule has 2 atom stereocenters. The van der Waals surface area contributed by atoms with E-state index in [2.05, 4.69) is 10.5 Å². The Morgan fingerprint density at radius 1 is 1.29 bits per heavy atom. The molecule has 0 bridgehead atoms. The molecule has 0 radical (unpaired) electrons. The van der Waals surface area contributed by atoms with Crippen LogP contribution in [0.15, 0.2) is 40.9 Å². The van der Waals surface area contributed by atoms with Crippen molar-refractivity contribution in [2.24, 2.45) is 0 Å². The number of aromatic nitrogens is 1.